The van der Waals surface area contributed by atoms with Gasteiger partial charge >= 0.3 is 5.97 Å². The number of alkyl halides is 2. The molecule has 0 spiro atoms. The zero-order valence-corrected chi connectivity index (χ0v) is 7.23. The Labute approximate surface area is 81.1 Å². The van der Waals surface area contributed by atoms with Crippen LogP contribution in [0.25, 0.3) is 0 Å². The van der Waals surface area contributed by atoms with Crippen molar-refractivity contribution in [3.05, 3.63) is 28.3 Å². The first-order valence-corrected chi connectivity index (χ1v) is 3.68. The molecule has 0 radical (unpaired) electrons. The fourth-order valence-corrected chi connectivity index (χ4v) is 1.07. The Hall–Kier alpha value is -1.30. The van der Waals surface area contributed by atoms with E-state index in [1.807, 2.05) is 0 Å². The first-order valence-electron chi connectivity index (χ1n) is 3.30. The van der Waals surface area contributed by atoms with Crippen LogP contribution in [-0.2, 0) is 0 Å². The molecule has 0 fully saturated rings. The van der Waals surface area contributed by atoms with Gasteiger partial charge in [-0.3, -0.25) is 0 Å². The minimum Gasteiger partial charge on any atom is -0.476 e. The van der Waals surface area contributed by atoms with Crippen molar-refractivity contribution < 1.29 is 23.1 Å². The molecule has 0 unspecified atom stereocenters. The number of hydrogen-bond donors (Lipinski definition) is 1. The Kier molecular flexibility index (Phi) is 2.95. The summed E-state index contributed by atoms with van der Waals surface area (Å²) in [5, 5.41) is 7.54. The summed E-state index contributed by atoms with van der Waals surface area (Å²) in [6, 6.07) is 0. The highest BCUT2D eigenvalue weighted by Crippen LogP contribution is 2.30. The van der Waals surface area contributed by atoms with Gasteiger partial charge in [0.25, 0.3) is 6.43 Å². The minimum absolute atomic E-state index is 0.484. The molecule has 7 heteroatoms. The molecule has 0 aliphatic carbocycles. The SMILES string of the molecule is O=C(O)c1ncc(F)c(Cl)c1C(F)F. The maximum atomic E-state index is 12.7. The molecule has 1 aromatic heterocycles. The quantitative estimate of drug-likeness (QED) is 0.841. The van der Waals surface area contributed by atoms with E-state index < -0.39 is 34.5 Å². The average molecular weight is 226 g/mol. The van der Waals surface area contributed by atoms with Gasteiger partial charge in [0, 0.05) is 0 Å². The van der Waals surface area contributed by atoms with Crippen molar-refractivity contribution in [2.75, 3.05) is 0 Å². The molecule has 3 nitrogen and oxygen atoms in total. The number of carbonyl (C=O) groups is 1. The molecule has 1 rings (SSSR count). The summed E-state index contributed by atoms with van der Waals surface area (Å²) in [6.07, 6.45) is -2.70. The number of pyridine rings is 1. The van der Waals surface area contributed by atoms with Crippen molar-refractivity contribution in [3.8, 4) is 0 Å². The zero-order chi connectivity index (χ0) is 10.9. The van der Waals surface area contributed by atoms with Gasteiger partial charge in [-0.15, -0.1) is 0 Å². The molecule has 14 heavy (non-hydrogen) atoms. The second-order valence-electron chi connectivity index (χ2n) is 2.29. The second kappa shape index (κ2) is 3.83. The summed E-state index contributed by atoms with van der Waals surface area (Å²) in [6.45, 7) is 0. The van der Waals surface area contributed by atoms with Crippen molar-refractivity contribution in [2.24, 2.45) is 0 Å². The third-order valence-electron chi connectivity index (χ3n) is 1.43. The Morgan fingerprint density at radius 2 is 2.14 bits per heavy atom. The molecule has 1 N–H and O–H groups in total. The van der Waals surface area contributed by atoms with Crippen LogP contribution in [-0.4, -0.2) is 16.1 Å². The highest BCUT2D eigenvalue weighted by atomic mass is 35.5. The van der Waals surface area contributed by atoms with Crippen LogP contribution in [0.2, 0.25) is 5.02 Å². The van der Waals surface area contributed by atoms with E-state index in [-0.39, 0.29) is 0 Å². The number of carboxylic acids is 1. The predicted molar refractivity (Wildman–Crippen MR) is 41.1 cm³/mol. The van der Waals surface area contributed by atoms with Crippen LogP contribution in [0.1, 0.15) is 22.5 Å². The highest BCUT2D eigenvalue weighted by molar-refractivity contribution is 6.31. The molecule has 0 bridgehead atoms. The van der Waals surface area contributed by atoms with E-state index in [0.717, 1.165) is 0 Å². The van der Waals surface area contributed by atoms with Crippen LogP contribution in [0, 0.1) is 5.82 Å². The highest BCUT2D eigenvalue weighted by Gasteiger charge is 2.25. The molecule has 0 saturated carbocycles. The molecule has 1 aromatic rings. The Balaban J connectivity index is 3.45. The number of halogens is 4. The van der Waals surface area contributed by atoms with Gasteiger partial charge in [0.1, 0.15) is 0 Å². The summed E-state index contributed by atoms with van der Waals surface area (Å²) in [7, 11) is 0. The Morgan fingerprint density at radius 3 is 2.57 bits per heavy atom. The van der Waals surface area contributed by atoms with E-state index in [0.29, 0.717) is 6.20 Å². The van der Waals surface area contributed by atoms with Gasteiger partial charge in [0.2, 0.25) is 0 Å². The normalized spacial score (nSPS) is 10.6. The lowest BCUT2D eigenvalue weighted by molar-refractivity contribution is 0.0677. The first kappa shape index (κ1) is 10.8. The van der Waals surface area contributed by atoms with Crippen molar-refractivity contribution in [2.45, 2.75) is 6.43 Å². The largest absolute Gasteiger partial charge is 0.476 e. The van der Waals surface area contributed by atoms with Crippen LogP contribution >= 0.6 is 11.6 Å². The summed E-state index contributed by atoms with van der Waals surface area (Å²) < 4.78 is 37.2. The number of aromatic nitrogens is 1. The van der Waals surface area contributed by atoms with Crippen molar-refractivity contribution >= 4 is 17.6 Å². The number of hydrogen-bond acceptors (Lipinski definition) is 2. The van der Waals surface area contributed by atoms with Crippen LogP contribution in [0.4, 0.5) is 13.2 Å². The molecule has 76 valence electrons. The molecule has 0 aliphatic heterocycles. The molecule has 0 amide bonds. The van der Waals surface area contributed by atoms with E-state index in [1.54, 1.807) is 0 Å². The Morgan fingerprint density at radius 1 is 1.57 bits per heavy atom. The fraction of sp³-hybridized carbons (Fsp3) is 0.143. The van der Waals surface area contributed by atoms with E-state index in [2.05, 4.69) is 4.98 Å². The maximum absolute atomic E-state index is 12.7. The van der Waals surface area contributed by atoms with Gasteiger partial charge in [0.15, 0.2) is 11.5 Å². The minimum atomic E-state index is -3.18. The van der Waals surface area contributed by atoms with Gasteiger partial charge in [-0.25, -0.2) is 22.9 Å². The average Bonchev–Trinajstić information content (AvgIpc) is 2.08. The number of carboxylic acid groups (broad SMARTS) is 1. The molecular formula is C7H3ClF3NO2. The van der Waals surface area contributed by atoms with E-state index in [4.69, 9.17) is 16.7 Å². The van der Waals surface area contributed by atoms with Crippen molar-refractivity contribution in [1.29, 1.82) is 0 Å². The Bertz CT molecular complexity index is 383. The van der Waals surface area contributed by atoms with Gasteiger partial charge in [-0.1, -0.05) is 11.6 Å². The summed E-state index contributed by atoms with van der Waals surface area (Å²) >= 11 is 5.18. The molecule has 0 saturated heterocycles. The van der Waals surface area contributed by atoms with Crippen molar-refractivity contribution in [1.82, 2.24) is 4.98 Å². The topological polar surface area (TPSA) is 50.2 Å². The van der Waals surface area contributed by atoms with E-state index in [1.165, 1.54) is 0 Å². The standard InChI is InChI=1S/C7H3ClF3NO2/c8-4-2(9)1-12-5(7(13)14)3(4)6(10)11/h1,6H,(H,13,14). The number of aromatic carboxylic acids is 1. The van der Waals surface area contributed by atoms with Crippen LogP contribution in [0.3, 0.4) is 0 Å². The molecule has 1 heterocycles. The maximum Gasteiger partial charge on any atom is 0.355 e. The van der Waals surface area contributed by atoms with Gasteiger partial charge < -0.3 is 5.11 Å². The van der Waals surface area contributed by atoms with Gasteiger partial charge in [0.05, 0.1) is 16.8 Å². The van der Waals surface area contributed by atoms with Crippen LogP contribution in [0.15, 0.2) is 6.20 Å². The zero-order valence-electron chi connectivity index (χ0n) is 6.47. The molecule has 0 aliphatic rings. The number of rotatable bonds is 2. The van der Waals surface area contributed by atoms with E-state index >= 15 is 0 Å². The van der Waals surface area contributed by atoms with Gasteiger partial charge in [-0.2, -0.15) is 0 Å². The lowest BCUT2D eigenvalue weighted by Gasteiger charge is -2.06. The smallest absolute Gasteiger partial charge is 0.355 e. The fourth-order valence-electron chi connectivity index (χ4n) is 0.850. The van der Waals surface area contributed by atoms with E-state index in [9.17, 15) is 18.0 Å². The van der Waals surface area contributed by atoms with Crippen molar-refractivity contribution in [3.63, 3.8) is 0 Å². The van der Waals surface area contributed by atoms with Crippen LogP contribution in [0.5, 0.6) is 0 Å². The van der Waals surface area contributed by atoms with Gasteiger partial charge in [-0.05, 0) is 0 Å². The summed E-state index contributed by atoms with van der Waals surface area (Å²) in [5.74, 6) is -2.85. The third kappa shape index (κ3) is 1.79. The second-order valence-corrected chi connectivity index (χ2v) is 2.67. The summed E-state index contributed by atoms with van der Waals surface area (Å²) in [4.78, 5) is 13.4. The number of nitrogens with zero attached hydrogens (tertiary/aromatic N) is 1. The summed E-state index contributed by atoms with van der Waals surface area (Å²) in [5.41, 5.74) is -2.04. The monoisotopic (exact) mass is 225 g/mol. The lowest BCUT2D eigenvalue weighted by Crippen LogP contribution is -2.08. The molecule has 0 atom stereocenters. The van der Waals surface area contributed by atoms with Crippen LogP contribution < -0.4 is 0 Å². The third-order valence-corrected chi connectivity index (χ3v) is 1.81. The molecular weight excluding hydrogens is 223 g/mol. The predicted octanol–water partition coefficient (Wildman–Crippen LogP) is 2.51. The lowest BCUT2D eigenvalue weighted by atomic mass is 10.2. The molecule has 0 aromatic carbocycles. The first-order chi connectivity index (χ1) is 6.45.